The number of nitrogens with one attached hydrogen (secondary N) is 2. The molecule has 1 saturated carbocycles. The standard InChI is InChI=1S/C19H19BrN2O2/c1-2-12-7-3-5-9-16(12)21-18(23)13-11-14(13)19(24)22-17-10-6-4-8-15(17)20/h3-10,13-14H,2,11H2,1H3,(H,21,23)(H,22,24). The maximum absolute atomic E-state index is 12.4. The van der Waals surface area contributed by atoms with E-state index >= 15 is 0 Å². The highest BCUT2D eigenvalue weighted by Crippen LogP contribution is 2.40. The summed E-state index contributed by atoms with van der Waals surface area (Å²) in [6.45, 7) is 2.05. The zero-order chi connectivity index (χ0) is 17.1. The lowest BCUT2D eigenvalue weighted by molar-refractivity contribution is -0.122. The molecule has 1 aliphatic rings. The van der Waals surface area contributed by atoms with Gasteiger partial charge in [-0.2, -0.15) is 0 Å². The molecule has 2 atom stereocenters. The van der Waals surface area contributed by atoms with Gasteiger partial charge in [-0.05, 0) is 52.5 Å². The summed E-state index contributed by atoms with van der Waals surface area (Å²) in [6, 6.07) is 15.2. The number of aryl methyl sites for hydroxylation is 1. The fourth-order valence-electron chi connectivity index (χ4n) is 2.74. The molecule has 0 radical (unpaired) electrons. The zero-order valence-corrected chi connectivity index (χ0v) is 15.0. The fraction of sp³-hybridized carbons (Fsp3) is 0.263. The Labute approximate surface area is 149 Å². The van der Waals surface area contributed by atoms with Gasteiger partial charge in [0.05, 0.1) is 17.5 Å². The molecule has 2 amide bonds. The van der Waals surface area contributed by atoms with Crippen molar-refractivity contribution in [2.24, 2.45) is 11.8 Å². The van der Waals surface area contributed by atoms with Crippen molar-refractivity contribution in [1.29, 1.82) is 0 Å². The molecule has 2 unspecified atom stereocenters. The van der Waals surface area contributed by atoms with Crippen LogP contribution in [0, 0.1) is 11.8 Å². The van der Waals surface area contributed by atoms with Gasteiger partial charge in [0.1, 0.15) is 0 Å². The van der Waals surface area contributed by atoms with E-state index in [1.54, 1.807) is 0 Å². The first-order valence-electron chi connectivity index (χ1n) is 8.04. The fourth-order valence-corrected chi connectivity index (χ4v) is 3.12. The van der Waals surface area contributed by atoms with Crippen molar-refractivity contribution < 1.29 is 9.59 Å². The van der Waals surface area contributed by atoms with E-state index in [1.807, 2.05) is 48.5 Å². The van der Waals surface area contributed by atoms with Gasteiger partial charge in [-0.25, -0.2) is 0 Å². The molecule has 2 aromatic rings. The molecular weight excluding hydrogens is 368 g/mol. The smallest absolute Gasteiger partial charge is 0.228 e. The molecule has 0 bridgehead atoms. The van der Waals surface area contributed by atoms with Gasteiger partial charge in [0, 0.05) is 10.2 Å². The summed E-state index contributed by atoms with van der Waals surface area (Å²) in [7, 11) is 0. The SMILES string of the molecule is CCc1ccccc1NC(=O)C1CC1C(=O)Nc1ccccc1Br. The van der Waals surface area contributed by atoms with Crippen molar-refractivity contribution in [2.75, 3.05) is 10.6 Å². The third kappa shape index (κ3) is 3.67. The summed E-state index contributed by atoms with van der Waals surface area (Å²) < 4.78 is 0.830. The van der Waals surface area contributed by atoms with E-state index in [0.29, 0.717) is 6.42 Å². The monoisotopic (exact) mass is 386 g/mol. The van der Waals surface area contributed by atoms with Crippen LogP contribution < -0.4 is 10.6 Å². The molecule has 1 aliphatic carbocycles. The largest absolute Gasteiger partial charge is 0.326 e. The number of rotatable bonds is 5. The molecule has 124 valence electrons. The lowest BCUT2D eigenvalue weighted by atomic mass is 10.1. The number of benzene rings is 2. The minimum absolute atomic E-state index is 0.0804. The van der Waals surface area contributed by atoms with Crippen LogP contribution in [0.25, 0.3) is 0 Å². The quantitative estimate of drug-likeness (QED) is 0.807. The summed E-state index contributed by atoms with van der Waals surface area (Å²) in [6.07, 6.45) is 1.45. The number of hydrogen-bond donors (Lipinski definition) is 2. The van der Waals surface area contributed by atoms with Crippen LogP contribution in [0.1, 0.15) is 18.9 Å². The highest BCUT2D eigenvalue weighted by Gasteiger charge is 2.48. The van der Waals surface area contributed by atoms with Crippen LogP contribution in [0.5, 0.6) is 0 Å². The van der Waals surface area contributed by atoms with Crippen LogP contribution in [0.4, 0.5) is 11.4 Å². The van der Waals surface area contributed by atoms with E-state index in [9.17, 15) is 9.59 Å². The minimum atomic E-state index is -0.258. The number of para-hydroxylation sites is 2. The normalized spacial score (nSPS) is 18.8. The Morgan fingerprint density at radius 3 is 2.12 bits per heavy atom. The van der Waals surface area contributed by atoms with Gasteiger partial charge in [-0.15, -0.1) is 0 Å². The first kappa shape index (κ1) is 16.7. The molecule has 0 saturated heterocycles. The van der Waals surface area contributed by atoms with Gasteiger partial charge in [-0.3, -0.25) is 9.59 Å². The third-order valence-corrected chi connectivity index (χ3v) is 4.94. The molecular formula is C19H19BrN2O2. The number of anilines is 2. The van der Waals surface area contributed by atoms with Gasteiger partial charge >= 0.3 is 0 Å². The number of carbonyl (C=O) groups excluding carboxylic acids is 2. The second kappa shape index (κ2) is 7.18. The average molecular weight is 387 g/mol. The number of amides is 2. The molecule has 24 heavy (non-hydrogen) atoms. The van der Waals surface area contributed by atoms with Gasteiger partial charge in [0.25, 0.3) is 0 Å². The third-order valence-electron chi connectivity index (χ3n) is 4.25. The van der Waals surface area contributed by atoms with Crippen molar-refractivity contribution in [3.05, 3.63) is 58.6 Å². The topological polar surface area (TPSA) is 58.2 Å². The van der Waals surface area contributed by atoms with Crippen molar-refractivity contribution in [1.82, 2.24) is 0 Å². The highest BCUT2D eigenvalue weighted by atomic mass is 79.9. The summed E-state index contributed by atoms with van der Waals surface area (Å²) >= 11 is 3.40. The summed E-state index contributed by atoms with van der Waals surface area (Å²) in [5, 5.41) is 5.83. The zero-order valence-electron chi connectivity index (χ0n) is 13.4. The van der Waals surface area contributed by atoms with E-state index in [4.69, 9.17) is 0 Å². The maximum atomic E-state index is 12.4. The van der Waals surface area contributed by atoms with E-state index in [0.717, 1.165) is 27.8 Å². The second-order valence-corrected chi connectivity index (χ2v) is 6.77. The van der Waals surface area contributed by atoms with Gasteiger partial charge in [0.2, 0.25) is 11.8 Å². The van der Waals surface area contributed by atoms with E-state index in [2.05, 4.69) is 33.5 Å². The Hall–Kier alpha value is -2.14. The molecule has 0 aromatic heterocycles. The lowest BCUT2D eigenvalue weighted by Crippen LogP contribution is -2.21. The molecule has 2 aromatic carbocycles. The molecule has 5 heteroatoms. The Bertz CT molecular complexity index is 775. The Kier molecular flexibility index (Phi) is 5.00. The molecule has 2 N–H and O–H groups in total. The first-order chi connectivity index (χ1) is 11.6. The van der Waals surface area contributed by atoms with Gasteiger partial charge in [-0.1, -0.05) is 37.3 Å². The van der Waals surface area contributed by atoms with Crippen molar-refractivity contribution in [3.63, 3.8) is 0 Å². The second-order valence-electron chi connectivity index (χ2n) is 5.92. The van der Waals surface area contributed by atoms with Crippen LogP contribution in [-0.2, 0) is 16.0 Å². The molecule has 0 heterocycles. The Morgan fingerprint density at radius 2 is 1.50 bits per heavy atom. The van der Waals surface area contributed by atoms with Crippen molar-refractivity contribution in [3.8, 4) is 0 Å². The van der Waals surface area contributed by atoms with Crippen LogP contribution in [0.2, 0.25) is 0 Å². The molecule has 0 aliphatic heterocycles. The molecule has 1 fully saturated rings. The van der Waals surface area contributed by atoms with Crippen LogP contribution >= 0.6 is 15.9 Å². The maximum Gasteiger partial charge on any atom is 0.228 e. The summed E-state index contributed by atoms with van der Waals surface area (Å²) in [4.78, 5) is 24.7. The first-order valence-corrected chi connectivity index (χ1v) is 8.83. The summed E-state index contributed by atoms with van der Waals surface area (Å²) in [5.74, 6) is -0.697. The molecule has 3 rings (SSSR count). The van der Waals surface area contributed by atoms with E-state index < -0.39 is 0 Å². The van der Waals surface area contributed by atoms with Crippen LogP contribution in [0.3, 0.4) is 0 Å². The van der Waals surface area contributed by atoms with Gasteiger partial charge < -0.3 is 10.6 Å². The lowest BCUT2D eigenvalue weighted by Gasteiger charge is -2.10. The summed E-state index contributed by atoms with van der Waals surface area (Å²) in [5.41, 5.74) is 2.66. The van der Waals surface area contributed by atoms with E-state index in [-0.39, 0.29) is 23.7 Å². The average Bonchev–Trinajstić information content (AvgIpc) is 3.38. The number of carbonyl (C=O) groups is 2. The molecule has 4 nitrogen and oxygen atoms in total. The Balaban J connectivity index is 1.59. The molecule has 0 spiro atoms. The van der Waals surface area contributed by atoms with Crippen molar-refractivity contribution in [2.45, 2.75) is 19.8 Å². The predicted octanol–water partition coefficient (Wildman–Crippen LogP) is 4.22. The highest BCUT2D eigenvalue weighted by molar-refractivity contribution is 9.10. The minimum Gasteiger partial charge on any atom is -0.326 e. The van der Waals surface area contributed by atoms with Gasteiger partial charge in [0.15, 0.2) is 0 Å². The number of hydrogen-bond acceptors (Lipinski definition) is 2. The van der Waals surface area contributed by atoms with Crippen LogP contribution in [0.15, 0.2) is 53.0 Å². The predicted molar refractivity (Wildman–Crippen MR) is 98.8 cm³/mol. The van der Waals surface area contributed by atoms with Crippen molar-refractivity contribution >= 4 is 39.1 Å². The Morgan fingerprint density at radius 1 is 0.958 bits per heavy atom. The van der Waals surface area contributed by atoms with E-state index in [1.165, 1.54) is 0 Å². The number of halogens is 1. The van der Waals surface area contributed by atoms with Crippen LogP contribution in [-0.4, -0.2) is 11.8 Å².